The maximum absolute atomic E-state index is 14.0. The number of hydrogen-bond acceptors (Lipinski definition) is 10. The number of thiazole rings is 1. The highest BCUT2D eigenvalue weighted by molar-refractivity contribution is 7.07. The number of aromatic hydroxyl groups is 1. The third-order valence-electron chi connectivity index (χ3n) is 7.07. The van der Waals surface area contributed by atoms with Gasteiger partial charge < -0.3 is 29.4 Å². The van der Waals surface area contributed by atoms with Crippen LogP contribution in [0.2, 0.25) is 5.02 Å². The maximum Gasteiger partial charge on any atom is 0.338 e. The van der Waals surface area contributed by atoms with Gasteiger partial charge in [-0.1, -0.05) is 47.2 Å². The van der Waals surface area contributed by atoms with Crippen molar-refractivity contribution in [2.24, 2.45) is 4.99 Å². The Labute approximate surface area is 279 Å². The number of nitrogens with zero attached hydrogens (tertiary/aromatic N) is 2. The summed E-state index contributed by atoms with van der Waals surface area (Å²) in [6.07, 6.45) is 1.63. The number of para-hydroxylation sites is 1. The Hall–Kier alpha value is -5.07. The van der Waals surface area contributed by atoms with Crippen LogP contribution in [0.5, 0.6) is 23.0 Å². The molecule has 2 heterocycles. The van der Waals surface area contributed by atoms with E-state index in [2.05, 4.69) is 10.3 Å². The number of carbonyl (C=O) groups excluding carboxylic acids is 2. The molecule has 0 spiro atoms. The lowest BCUT2D eigenvalue weighted by Gasteiger charge is -2.25. The molecule has 1 aliphatic heterocycles. The number of esters is 1. The van der Waals surface area contributed by atoms with Gasteiger partial charge in [0.2, 0.25) is 0 Å². The zero-order valence-corrected chi connectivity index (χ0v) is 27.6. The molecule has 5 rings (SSSR count). The summed E-state index contributed by atoms with van der Waals surface area (Å²) in [7, 11) is 1.44. The van der Waals surface area contributed by atoms with Crippen molar-refractivity contribution in [3.63, 3.8) is 0 Å². The normalized spacial score (nSPS) is 14.2. The van der Waals surface area contributed by atoms with E-state index >= 15 is 0 Å². The summed E-state index contributed by atoms with van der Waals surface area (Å²) in [5.74, 6) is -0.418. The van der Waals surface area contributed by atoms with Gasteiger partial charge in [-0.25, -0.2) is 9.79 Å². The number of anilines is 1. The number of phenolic OH excluding ortho intramolecular Hbond substituents is 1. The zero-order valence-electron chi connectivity index (χ0n) is 26.0. The Balaban J connectivity index is 1.53. The smallest absolute Gasteiger partial charge is 0.338 e. The Morgan fingerprint density at radius 2 is 1.83 bits per heavy atom. The van der Waals surface area contributed by atoms with E-state index < -0.39 is 17.6 Å². The van der Waals surface area contributed by atoms with E-state index in [-0.39, 0.29) is 52.7 Å². The van der Waals surface area contributed by atoms with E-state index in [0.29, 0.717) is 38.5 Å². The van der Waals surface area contributed by atoms with Gasteiger partial charge in [0.1, 0.15) is 0 Å². The van der Waals surface area contributed by atoms with E-state index in [9.17, 15) is 19.5 Å². The number of methoxy groups -OCH3 is 1. The largest absolute Gasteiger partial charge is 0.504 e. The van der Waals surface area contributed by atoms with Crippen molar-refractivity contribution in [2.45, 2.75) is 26.8 Å². The van der Waals surface area contributed by atoms with Crippen LogP contribution in [0.1, 0.15) is 37.9 Å². The molecule has 0 bridgehead atoms. The van der Waals surface area contributed by atoms with Gasteiger partial charge in [-0.15, -0.1) is 0 Å². The first kappa shape index (κ1) is 33.3. The molecule has 244 valence electrons. The molecule has 3 aromatic carbocycles. The number of fused-ring (bicyclic) bond motifs is 1. The number of ether oxygens (including phenoxy) is 4. The van der Waals surface area contributed by atoms with Crippen molar-refractivity contribution in [2.75, 3.05) is 32.2 Å². The van der Waals surface area contributed by atoms with Gasteiger partial charge in [-0.2, -0.15) is 0 Å². The summed E-state index contributed by atoms with van der Waals surface area (Å²) >= 11 is 7.71. The predicted molar refractivity (Wildman–Crippen MR) is 178 cm³/mol. The summed E-state index contributed by atoms with van der Waals surface area (Å²) in [5.41, 5.74) is 1.87. The molecular formula is C34H32ClN3O8S. The summed E-state index contributed by atoms with van der Waals surface area (Å²) in [5, 5.41) is 13.2. The average molecular weight is 678 g/mol. The molecule has 1 unspecified atom stereocenters. The monoisotopic (exact) mass is 677 g/mol. The van der Waals surface area contributed by atoms with Crippen molar-refractivity contribution in [1.29, 1.82) is 0 Å². The van der Waals surface area contributed by atoms with Crippen molar-refractivity contribution in [3.05, 3.63) is 108 Å². The molecule has 0 aliphatic carbocycles. The molecule has 1 amide bonds. The quantitative estimate of drug-likeness (QED) is 0.220. The summed E-state index contributed by atoms with van der Waals surface area (Å²) < 4.78 is 23.9. The van der Waals surface area contributed by atoms with Crippen LogP contribution in [-0.2, 0) is 14.3 Å². The van der Waals surface area contributed by atoms with Crippen molar-refractivity contribution < 1.29 is 33.6 Å². The van der Waals surface area contributed by atoms with E-state index in [1.165, 1.54) is 17.7 Å². The predicted octanol–water partition coefficient (Wildman–Crippen LogP) is 4.58. The lowest BCUT2D eigenvalue weighted by atomic mass is 9.95. The highest BCUT2D eigenvalue weighted by Gasteiger charge is 2.34. The van der Waals surface area contributed by atoms with Gasteiger partial charge in [0.05, 0.1) is 47.2 Å². The van der Waals surface area contributed by atoms with Gasteiger partial charge in [0, 0.05) is 5.69 Å². The standard InChI is InChI=1S/C34H32ClN3O8S/c1-5-44-25-17-21(12-13-24(25)39)30-29(33(42)45-6-2)19(3)36-34-38(30)32(41)27(47-34)16-20-14-23(35)31(26(15-20)43-4)46-18-28(40)37-22-10-8-7-9-11-22/h7-17,30,39H,5-6,18H2,1-4H3,(H,37,40). The molecule has 0 saturated carbocycles. The van der Waals surface area contributed by atoms with Crippen LogP contribution >= 0.6 is 22.9 Å². The molecule has 13 heteroatoms. The van der Waals surface area contributed by atoms with Crippen LogP contribution in [-0.4, -0.2) is 48.5 Å². The van der Waals surface area contributed by atoms with E-state index in [0.717, 1.165) is 11.3 Å². The van der Waals surface area contributed by atoms with Crippen molar-refractivity contribution >= 4 is 46.6 Å². The second kappa shape index (κ2) is 14.6. The highest BCUT2D eigenvalue weighted by atomic mass is 35.5. The third kappa shape index (κ3) is 7.18. The fraction of sp³-hybridized carbons (Fsp3) is 0.235. The first-order valence-corrected chi connectivity index (χ1v) is 15.8. The topological polar surface area (TPSA) is 138 Å². The second-order valence-corrected chi connectivity index (χ2v) is 11.6. The molecule has 0 radical (unpaired) electrons. The van der Waals surface area contributed by atoms with Gasteiger partial charge >= 0.3 is 5.97 Å². The molecule has 1 aromatic heterocycles. The van der Waals surface area contributed by atoms with E-state index in [1.54, 1.807) is 75.4 Å². The number of aromatic nitrogens is 1. The minimum atomic E-state index is -0.900. The Bertz CT molecular complexity index is 2040. The summed E-state index contributed by atoms with van der Waals surface area (Å²) in [6.45, 7) is 5.28. The number of hydrogen-bond donors (Lipinski definition) is 2. The number of nitrogens with one attached hydrogen (secondary N) is 1. The molecule has 2 N–H and O–H groups in total. The SMILES string of the molecule is CCOC(=O)C1=C(C)N=c2sc(=Cc3cc(Cl)c(OCC(=O)Nc4ccccc4)c(OC)c3)c(=O)n2C1c1ccc(O)c(OCC)c1. The van der Waals surface area contributed by atoms with Crippen molar-refractivity contribution in [1.82, 2.24) is 4.57 Å². The van der Waals surface area contributed by atoms with Crippen LogP contribution in [0, 0.1) is 0 Å². The number of allylic oxidation sites excluding steroid dienone is 1. The zero-order chi connectivity index (χ0) is 33.7. The number of benzene rings is 3. The molecule has 11 nitrogen and oxygen atoms in total. The molecule has 0 fully saturated rings. The van der Waals surface area contributed by atoms with Crippen molar-refractivity contribution in [3.8, 4) is 23.0 Å². The van der Waals surface area contributed by atoms with Gasteiger partial charge in [0.25, 0.3) is 11.5 Å². The van der Waals surface area contributed by atoms with Crippen LogP contribution < -0.4 is 34.4 Å². The number of carbonyl (C=O) groups is 2. The summed E-state index contributed by atoms with van der Waals surface area (Å²) in [6, 6.07) is 16.0. The fourth-order valence-electron chi connectivity index (χ4n) is 5.05. The van der Waals surface area contributed by atoms with Crippen LogP contribution in [0.4, 0.5) is 5.69 Å². The highest BCUT2D eigenvalue weighted by Crippen LogP contribution is 2.37. The lowest BCUT2D eigenvalue weighted by molar-refractivity contribution is -0.139. The van der Waals surface area contributed by atoms with Gasteiger partial charge in [-0.3, -0.25) is 14.2 Å². The second-order valence-electron chi connectivity index (χ2n) is 10.2. The lowest BCUT2D eigenvalue weighted by Crippen LogP contribution is -2.39. The minimum absolute atomic E-state index is 0.0727. The first-order valence-electron chi connectivity index (χ1n) is 14.7. The van der Waals surface area contributed by atoms with Crippen LogP contribution in [0.25, 0.3) is 6.08 Å². The van der Waals surface area contributed by atoms with Crippen LogP contribution in [0.3, 0.4) is 0 Å². The summed E-state index contributed by atoms with van der Waals surface area (Å²) in [4.78, 5) is 44.6. The number of amides is 1. The first-order chi connectivity index (χ1) is 22.6. The Morgan fingerprint density at radius 3 is 2.53 bits per heavy atom. The molecular weight excluding hydrogens is 646 g/mol. The molecule has 47 heavy (non-hydrogen) atoms. The number of phenols is 1. The van der Waals surface area contributed by atoms with Crippen LogP contribution in [0.15, 0.2) is 81.7 Å². The molecule has 0 saturated heterocycles. The third-order valence-corrected chi connectivity index (χ3v) is 8.33. The minimum Gasteiger partial charge on any atom is -0.504 e. The Kier molecular flexibility index (Phi) is 10.3. The van der Waals surface area contributed by atoms with E-state index in [4.69, 9.17) is 30.5 Å². The number of halogens is 1. The van der Waals surface area contributed by atoms with E-state index in [1.807, 2.05) is 6.07 Å². The number of rotatable bonds is 11. The average Bonchev–Trinajstić information content (AvgIpc) is 3.34. The molecule has 1 atom stereocenters. The van der Waals surface area contributed by atoms with Gasteiger partial charge in [-0.05, 0) is 74.4 Å². The fourth-order valence-corrected chi connectivity index (χ4v) is 6.37. The Morgan fingerprint density at radius 1 is 1.06 bits per heavy atom. The molecule has 1 aliphatic rings. The van der Waals surface area contributed by atoms with Gasteiger partial charge in [0.15, 0.2) is 34.4 Å². The maximum atomic E-state index is 14.0. The molecule has 4 aromatic rings.